The largest absolute Gasteiger partial charge is 0.398 e. The zero-order valence-electron chi connectivity index (χ0n) is 9.97. The summed E-state index contributed by atoms with van der Waals surface area (Å²) in [6.45, 7) is 0. The number of nitrogen functional groups attached to an aromatic ring is 1. The third kappa shape index (κ3) is 2.30. The van der Waals surface area contributed by atoms with Gasteiger partial charge in [-0.3, -0.25) is 5.10 Å². The van der Waals surface area contributed by atoms with Crippen molar-refractivity contribution in [3.8, 4) is 22.8 Å². The number of hydrogen-bond acceptors (Lipinski definition) is 3. The third-order valence-electron chi connectivity index (χ3n) is 2.79. The monoisotopic (exact) mass is 270 g/mol. The van der Waals surface area contributed by atoms with E-state index in [9.17, 15) is 0 Å². The Kier molecular flexibility index (Phi) is 2.93. The number of aromatic amines is 1. The van der Waals surface area contributed by atoms with E-state index in [1.54, 1.807) is 12.1 Å². The fraction of sp³-hybridized carbons (Fsp3) is 0. The molecule has 3 aromatic rings. The van der Waals surface area contributed by atoms with Crippen molar-refractivity contribution in [1.82, 2.24) is 15.2 Å². The molecule has 0 radical (unpaired) electrons. The normalized spacial score (nSPS) is 10.6. The highest BCUT2D eigenvalue weighted by atomic mass is 35.5. The number of anilines is 1. The van der Waals surface area contributed by atoms with Crippen LogP contribution in [0.25, 0.3) is 22.8 Å². The van der Waals surface area contributed by atoms with Crippen molar-refractivity contribution < 1.29 is 0 Å². The Balaban J connectivity index is 1.99. The van der Waals surface area contributed by atoms with Crippen molar-refractivity contribution in [3.63, 3.8) is 0 Å². The molecule has 1 aromatic heterocycles. The van der Waals surface area contributed by atoms with Crippen LogP contribution < -0.4 is 5.73 Å². The van der Waals surface area contributed by atoms with Crippen molar-refractivity contribution in [3.05, 3.63) is 53.6 Å². The molecule has 0 fully saturated rings. The maximum atomic E-state index is 5.90. The van der Waals surface area contributed by atoms with Gasteiger partial charge in [-0.05, 0) is 18.2 Å². The van der Waals surface area contributed by atoms with Crippen LogP contribution in [0.15, 0.2) is 48.5 Å². The summed E-state index contributed by atoms with van der Waals surface area (Å²) in [5, 5.41) is 7.65. The summed E-state index contributed by atoms with van der Waals surface area (Å²) >= 11 is 5.90. The van der Waals surface area contributed by atoms with Gasteiger partial charge in [0.05, 0.1) is 10.7 Å². The number of nitrogens with zero attached hydrogens (tertiary/aromatic N) is 2. The van der Waals surface area contributed by atoms with Gasteiger partial charge in [0.25, 0.3) is 0 Å². The lowest BCUT2D eigenvalue weighted by atomic mass is 10.2. The Morgan fingerprint density at radius 2 is 1.79 bits per heavy atom. The van der Waals surface area contributed by atoms with Gasteiger partial charge in [-0.1, -0.05) is 41.9 Å². The zero-order chi connectivity index (χ0) is 13.2. The second kappa shape index (κ2) is 4.74. The van der Waals surface area contributed by atoms with Crippen LogP contribution in [0.5, 0.6) is 0 Å². The van der Waals surface area contributed by atoms with Gasteiger partial charge in [0.15, 0.2) is 11.6 Å². The minimum absolute atomic E-state index is 0.519. The molecule has 0 spiro atoms. The van der Waals surface area contributed by atoms with Crippen molar-refractivity contribution in [2.75, 3.05) is 5.73 Å². The van der Waals surface area contributed by atoms with E-state index in [-0.39, 0.29) is 0 Å². The molecular formula is C14H11ClN4. The first kappa shape index (κ1) is 11.7. The van der Waals surface area contributed by atoms with Crippen molar-refractivity contribution in [2.24, 2.45) is 0 Å². The van der Waals surface area contributed by atoms with Gasteiger partial charge in [0, 0.05) is 11.1 Å². The molecule has 0 aliphatic rings. The molecule has 1 heterocycles. The molecule has 2 aromatic carbocycles. The average molecular weight is 271 g/mol. The minimum Gasteiger partial charge on any atom is -0.398 e. The molecule has 0 saturated carbocycles. The smallest absolute Gasteiger partial charge is 0.181 e. The second-order valence-electron chi connectivity index (χ2n) is 4.11. The Labute approximate surface area is 115 Å². The average Bonchev–Trinajstić information content (AvgIpc) is 2.93. The van der Waals surface area contributed by atoms with Crippen LogP contribution in [0.2, 0.25) is 5.02 Å². The lowest BCUT2D eigenvalue weighted by Gasteiger charge is -1.99. The van der Waals surface area contributed by atoms with E-state index in [1.807, 2.05) is 36.4 Å². The van der Waals surface area contributed by atoms with E-state index in [1.165, 1.54) is 0 Å². The summed E-state index contributed by atoms with van der Waals surface area (Å²) in [6.07, 6.45) is 0. The van der Waals surface area contributed by atoms with Gasteiger partial charge in [0.2, 0.25) is 0 Å². The molecule has 4 nitrogen and oxygen atoms in total. The maximum Gasteiger partial charge on any atom is 0.181 e. The molecule has 0 saturated heterocycles. The van der Waals surface area contributed by atoms with Gasteiger partial charge < -0.3 is 5.73 Å². The van der Waals surface area contributed by atoms with Crippen molar-refractivity contribution in [2.45, 2.75) is 0 Å². The van der Waals surface area contributed by atoms with Crippen LogP contribution in [0.4, 0.5) is 5.69 Å². The van der Waals surface area contributed by atoms with E-state index in [0.717, 1.165) is 17.0 Å². The summed E-state index contributed by atoms with van der Waals surface area (Å²) in [7, 11) is 0. The van der Waals surface area contributed by atoms with E-state index < -0.39 is 0 Å². The van der Waals surface area contributed by atoms with E-state index in [0.29, 0.717) is 16.5 Å². The summed E-state index contributed by atoms with van der Waals surface area (Å²) in [5.41, 5.74) is 8.12. The van der Waals surface area contributed by atoms with Crippen LogP contribution in [0.1, 0.15) is 0 Å². The van der Waals surface area contributed by atoms with Gasteiger partial charge in [-0.25, -0.2) is 4.98 Å². The Bertz CT molecular complexity index is 706. The Hall–Kier alpha value is -2.33. The van der Waals surface area contributed by atoms with E-state index in [2.05, 4.69) is 15.2 Å². The molecule has 94 valence electrons. The fourth-order valence-electron chi connectivity index (χ4n) is 1.80. The molecule has 3 rings (SSSR count). The van der Waals surface area contributed by atoms with Gasteiger partial charge in [0.1, 0.15) is 0 Å². The SMILES string of the molecule is Nc1cc(-c2n[nH]c(-c3ccccc3)n2)ccc1Cl. The van der Waals surface area contributed by atoms with Crippen LogP contribution >= 0.6 is 11.6 Å². The minimum atomic E-state index is 0.519. The molecule has 0 atom stereocenters. The molecule has 0 aliphatic heterocycles. The first-order valence-electron chi connectivity index (χ1n) is 5.77. The molecule has 0 unspecified atom stereocenters. The zero-order valence-corrected chi connectivity index (χ0v) is 10.7. The number of benzene rings is 2. The predicted molar refractivity (Wildman–Crippen MR) is 76.7 cm³/mol. The molecule has 19 heavy (non-hydrogen) atoms. The predicted octanol–water partition coefficient (Wildman–Crippen LogP) is 3.37. The molecule has 3 N–H and O–H groups in total. The number of halogens is 1. The van der Waals surface area contributed by atoms with Gasteiger partial charge >= 0.3 is 0 Å². The third-order valence-corrected chi connectivity index (χ3v) is 3.13. The lowest BCUT2D eigenvalue weighted by molar-refractivity contribution is 1.10. The molecule has 0 aliphatic carbocycles. The highest BCUT2D eigenvalue weighted by molar-refractivity contribution is 6.33. The van der Waals surface area contributed by atoms with Crippen molar-refractivity contribution >= 4 is 17.3 Å². The first-order valence-corrected chi connectivity index (χ1v) is 6.15. The van der Waals surface area contributed by atoms with Gasteiger partial charge in [-0.2, -0.15) is 5.10 Å². The fourth-order valence-corrected chi connectivity index (χ4v) is 1.92. The number of H-pyrrole nitrogens is 1. The van der Waals surface area contributed by atoms with E-state index >= 15 is 0 Å². The maximum absolute atomic E-state index is 5.90. The lowest BCUT2D eigenvalue weighted by Crippen LogP contribution is -1.88. The van der Waals surface area contributed by atoms with Crippen LogP contribution in [0.3, 0.4) is 0 Å². The van der Waals surface area contributed by atoms with E-state index in [4.69, 9.17) is 17.3 Å². The number of hydrogen-bond donors (Lipinski definition) is 2. The molecule has 0 bridgehead atoms. The van der Waals surface area contributed by atoms with Crippen molar-refractivity contribution in [1.29, 1.82) is 0 Å². The summed E-state index contributed by atoms with van der Waals surface area (Å²) < 4.78 is 0. The van der Waals surface area contributed by atoms with Gasteiger partial charge in [-0.15, -0.1) is 0 Å². The topological polar surface area (TPSA) is 67.6 Å². The summed E-state index contributed by atoms with van der Waals surface area (Å²) in [6, 6.07) is 15.2. The first-order chi connectivity index (χ1) is 9.24. The Morgan fingerprint density at radius 3 is 2.53 bits per heavy atom. The van der Waals surface area contributed by atoms with Crippen LogP contribution in [-0.2, 0) is 0 Å². The number of aromatic nitrogens is 3. The molecule has 5 heteroatoms. The number of rotatable bonds is 2. The highest BCUT2D eigenvalue weighted by Crippen LogP contribution is 2.25. The summed E-state index contributed by atoms with van der Waals surface area (Å²) in [5.74, 6) is 1.33. The highest BCUT2D eigenvalue weighted by Gasteiger charge is 2.08. The Morgan fingerprint density at radius 1 is 1.00 bits per heavy atom. The second-order valence-corrected chi connectivity index (χ2v) is 4.52. The summed E-state index contributed by atoms with van der Waals surface area (Å²) in [4.78, 5) is 4.46. The molecule has 0 amide bonds. The standard InChI is InChI=1S/C14H11ClN4/c15-11-7-6-10(8-12(11)16)14-17-13(18-19-14)9-4-2-1-3-5-9/h1-8H,16H2,(H,17,18,19). The quantitative estimate of drug-likeness (QED) is 0.702. The van der Waals surface area contributed by atoms with Crippen LogP contribution in [0, 0.1) is 0 Å². The number of nitrogens with two attached hydrogens (primary N) is 1. The number of nitrogens with one attached hydrogen (secondary N) is 1. The molecular weight excluding hydrogens is 260 g/mol. The van der Waals surface area contributed by atoms with Crippen LogP contribution in [-0.4, -0.2) is 15.2 Å².